The molecular weight excluding hydrogens is 314 g/mol. The molecule has 0 aliphatic heterocycles. The van der Waals surface area contributed by atoms with Gasteiger partial charge in [-0.05, 0) is 37.0 Å². The number of hydrogen-bond donors (Lipinski definition) is 1. The Hall–Kier alpha value is -0.540. The number of aryl methyl sites for hydroxylation is 1. The van der Waals surface area contributed by atoms with Crippen molar-refractivity contribution in [3.63, 3.8) is 0 Å². The Morgan fingerprint density at radius 1 is 1.50 bits per heavy atom. The maximum atomic E-state index is 12.0. The second-order valence-electron chi connectivity index (χ2n) is 4.45. The van der Waals surface area contributed by atoms with Crippen LogP contribution in [0.25, 0.3) is 0 Å². The van der Waals surface area contributed by atoms with Gasteiger partial charge in [0.25, 0.3) is 5.91 Å². The van der Waals surface area contributed by atoms with Crippen molar-refractivity contribution in [2.75, 3.05) is 11.9 Å². The molecule has 18 heavy (non-hydrogen) atoms. The van der Waals surface area contributed by atoms with Gasteiger partial charge in [0, 0.05) is 11.9 Å². The molecule has 0 saturated carbocycles. The van der Waals surface area contributed by atoms with E-state index in [1.54, 1.807) is 6.07 Å². The van der Waals surface area contributed by atoms with Crippen LogP contribution in [-0.4, -0.2) is 17.8 Å². The molecule has 2 nitrogen and oxygen atoms in total. The number of rotatable bonds is 6. The lowest BCUT2D eigenvalue weighted by atomic mass is 10.0. The van der Waals surface area contributed by atoms with Crippen molar-refractivity contribution in [3.8, 4) is 0 Å². The number of carbonyl (C=O) groups is 1. The summed E-state index contributed by atoms with van der Waals surface area (Å²) < 4.78 is 0. The molecule has 0 bridgehead atoms. The number of alkyl halides is 1. The summed E-state index contributed by atoms with van der Waals surface area (Å²) in [5, 5.41) is 4.43. The van der Waals surface area contributed by atoms with Crippen LogP contribution in [0.4, 0.5) is 0 Å². The average molecular weight is 333 g/mol. The first-order valence-corrected chi connectivity index (χ1v) is 7.68. The zero-order valence-electron chi connectivity index (χ0n) is 10.8. The second-order valence-corrected chi connectivity index (χ2v) is 5.65. The maximum absolute atomic E-state index is 12.0. The van der Waals surface area contributed by atoms with E-state index in [4.69, 9.17) is 11.6 Å². The molecule has 0 spiro atoms. The van der Waals surface area contributed by atoms with E-state index in [0.717, 1.165) is 23.7 Å². The van der Waals surface area contributed by atoms with E-state index in [0.29, 0.717) is 23.0 Å². The number of halogens is 2. The third-order valence-electron chi connectivity index (χ3n) is 3.02. The number of hydrogen-bond acceptors (Lipinski definition) is 1. The molecule has 1 atom stereocenters. The molecule has 1 rings (SSSR count). The lowest BCUT2D eigenvalue weighted by Crippen LogP contribution is -2.29. The van der Waals surface area contributed by atoms with Crippen molar-refractivity contribution in [2.24, 2.45) is 5.92 Å². The van der Waals surface area contributed by atoms with Gasteiger partial charge in [-0.2, -0.15) is 0 Å². The van der Waals surface area contributed by atoms with Crippen LogP contribution in [0.3, 0.4) is 0 Å². The monoisotopic (exact) mass is 331 g/mol. The van der Waals surface area contributed by atoms with E-state index in [2.05, 4.69) is 28.2 Å². The summed E-state index contributed by atoms with van der Waals surface area (Å²) in [6, 6.07) is 5.49. The first-order valence-electron chi connectivity index (χ1n) is 6.18. The van der Waals surface area contributed by atoms with Crippen LogP contribution in [0.2, 0.25) is 5.02 Å². The standard InChI is InChI=1S/C14H19BrClNO/c1-3-11(6-7-15)9-17-14(18)12-5-4-10(2)8-13(12)16/h4-5,8,11H,3,6-7,9H2,1-2H3,(H,17,18). The number of amides is 1. The quantitative estimate of drug-likeness (QED) is 0.778. The molecular formula is C14H19BrClNO. The third kappa shape index (κ3) is 4.62. The van der Waals surface area contributed by atoms with Crippen LogP contribution in [0.15, 0.2) is 18.2 Å². The molecule has 0 fully saturated rings. The van der Waals surface area contributed by atoms with Gasteiger partial charge in [0.2, 0.25) is 0 Å². The van der Waals surface area contributed by atoms with Crippen molar-refractivity contribution in [2.45, 2.75) is 26.7 Å². The summed E-state index contributed by atoms with van der Waals surface area (Å²) in [4.78, 5) is 12.0. The first-order chi connectivity index (χ1) is 8.58. The molecule has 1 amide bonds. The van der Waals surface area contributed by atoms with Gasteiger partial charge in [-0.3, -0.25) is 4.79 Å². The smallest absolute Gasteiger partial charge is 0.252 e. The summed E-state index contributed by atoms with van der Waals surface area (Å²) in [5.41, 5.74) is 1.61. The normalized spacial score (nSPS) is 12.2. The van der Waals surface area contributed by atoms with Crippen LogP contribution in [0.5, 0.6) is 0 Å². The second kappa shape index (κ2) is 7.80. The highest BCUT2D eigenvalue weighted by molar-refractivity contribution is 9.09. The van der Waals surface area contributed by atoms with Crippen molar-refractivity contribution in [1.29, 1.82) is 0 Å². The van der Waals surface area contributed by atoms with Gasteiger partial charge < -0.3 is 5.32 Å². The summed E-state index contributed by atoms with van der Waals surface area (Å²) in [7, 11) is 0. The molecule has 0 heterocycles. The summed E-state index contributed by atoms with van der Waals surface area (Å²) in [6.45, 7) is 4.79. The Balaban J connectivity index is 2.59. The van der Waals surface area contributed by atoms with E-state index in [1.807, 2.05) is 19.1 Å². The first kappa shape index (κ1) is 15.5. The Morgan fingerprint density at radius 2 is 2.22 bits per heavy atom. The fourth-order valence-electron chi connectivity index (χ4n) is 1.74. The van der Waals surface area contributed by atoms with Crippen LogP contribution in [0, 0.1) is 12.8 Å². The van der Waals surface area contributed by atoms with E-state index >= 15 is 0 Å². The van der Waals surface area contributed by atoms with E-state index in [1.165, 1.54) is 0 Å². The SMILES string of the molecule is CCC(CCBr)CNC(=O)c1ccc(C)cc1Cl. The van der Waals surface area contributed by atoms with Crippen molar-refractivity contribution in [1.82, 2.24) is 5.32 Å². The van der Waals surface area contributed by atoms with E-state index in [9.17, 15) is 4.79 Å². The molecule has 100 valence electrons. The molecule has 1 aromatic rings. The van der Waals surface area contributed by atoms with Gasteiger partial charge in [-0.15, -0.1) is 0 Å². The maximum Gasteiger partial charge on any atom is 0.252 e. The molecule has 4 heteroatoms. The number of carbonyl (C=O) groups excluding carboxylic acids is 1. The van der Waals surface area contributed by atoms with Gasteiger partial charge in [-0.1, -0.05) is 46.9 Å². The van der Waals surface area contributed by atoms with Crippen LogP contribution in [-0.2, 0) is 0 Å². The lowest BCUT2D eigenvalue weighted by Gasteiger charge is -2.14. The van der Waals surface area contributed by atoms with E-state index in [-0.39, 0.29) is 5.91 Å². The highest BCUT2D eigenvalue weighted by atomic mass is 79.9. The van der Waals surface area contributed by atoms with Crippen LogP contribution < -0.4 is 5.32 Å². The Bertz CT molecular complexity index is 409. The number of benzene rings is 1. The fourth-order valence-corrected chi connectivity index (χ4v) is 2.71. The highest BCUT2D eigenvalue weighted by Gasteiger charge is 2.12. The molecule has 0 radical (unpaired) electrons. The molecule has 0 aromatic heterocycles. The van der Waals surface area contributed by atoms with Crippen LogP contribution >= 0.6 is 27.5 Å². The minimum absolute atomic E-state index is 0.0898. The third-order valence-corrected chi connectivity index (χ3v) is 3.79. The average Bonchev–Trinajstić information content (AvgIpc) is 2.34. The predicted molar refractivity (Wildman–Crippen MR) is 80.7 cm³/mol. The topological polar surface area (TPSA) is 29.1 Å². The van der Waals surface area contributed by atoms with Crippen molar-refractivity contribution < 1.29 is 4.79 Å². The van der Waals surface area contributed by atoms with Gasteiger partial charge in [0.05, 0.1) is 10.6 Å². The largest absolute Gasteiger partial charge is 0.352 e. The molecule has 1 N–H and O–H groups in total. The highest BCUT2D eigenvalue weighted by Crippen LogP contribution is 2.17. The summed E-state index contributed by atoms with van der Waals surface area (Å²) >= 11 is 9.49. The summed E-state index contributed by atoms with van der Waals surface area (Å²) in [5.74, 6) is 0.422. The van der Waals surface area contributed by atoms with Gasteiger partial charge >= 0.3 is 0 Å². The van der Waals surface area contributed by atoms with Gasteiger partial charge in [-0.25, -0.2) is 0 Å². The van der Waals surface area contributed by atoms with Gasteiger partial charge in [0.15, 0.2) is 0 Å². The van der Waals surface area contributed by atoms with Crippen LogP contribution in [0.1, 0.15) is 35.7 Å². The van der Waals surface area contributed by atoms with E-state index < -0.39 is 0 Å². The molecule has 0 aliphatic rings. The van der Waals surface area contributed by atoms with Gasteiger partial charge in [0.1, 0.15) is 0 Å². The molecule has 0 saturated heterocycles. The lowest BCUT2D eigenvalue weighted by molar-refractivity contribution is 0.0946. The van der Waals surface area contributed by atoms with Crippen molar-refractivity contribution in [3.05, 3.63) is 34.3 Å². The zero-order valence-corrected chi connectivity index (χ0v) is 13.1. The predicted octanol–water partition coefficient (Wildman–Crippen LogP) is 4.19. The minimum Gasteiger partial charge on any atom is -0.352 e. The fraction of sp³-hybridized carbons (Fsp3) is 0.500. The Labute approximate surface area is 122 Å². The molecule has 0 aliphatic carbocycles. The number of nitrogens with one attached hydrogen (secondary N) is 1. The Kier molecular flexibility index (Phi) is 6.72. The molecule has 1 unspecified atom stereocenters. The zero-order chi connectivity index (χ0) is 13.5. The summed E-state index contributed by atoms with van der Waals surface area (Å²) in [6.07, 6.45) is 2.13. The minimum atomic E-state index is -0.0898. The molecule has 1 aromatic carbocycles. The Morgan fingerprint density at radius 3 is 2.78 bits per heavy atom. The van der Waals surface area contributed by atoms with Crippen molar-refractivity contribution >= 4 is 33.4 Å².